The van der Waals surface area contributed by atoms with E-state index in [0.717, 1.165) is 17.8 Å². The third kappa shape index (κ3) is 6.48. The van der Waals surface area contributed by atoms with Crippen LogP contribution in [0.25, 0.3) is 0 Å². The lowest BCUT2D eigenvalue weighted by molar-refractivity contribution is -0.133. The lowest BCUT2D eigenvalue weighted by atomic mass is 9.80. The van der Waals surface area contributed by atoms with Gasteiger partial charge in [0.15, 0.2) is 0 Å². The summed E-state index contributed by atoms with van der Waals surface area (Å²) < 4.78 is 0. The van der Waals surface area contributed by atoms with Crippen LogP contribution >= 0.6 is 11.3 Å². The van der Waals surface area contributed by atoms with E-state index in [4.69, 9.17) is 0 Å². The third-order valence-corrected chi connectivity index (χ3v) is 6.78. The number of anilines is 1. The molecule has 0 bridgehead atoms. The molecule has 1 unspecified atom stereocenters. The molecule has 3 atom stereocenters. The Hall–Kier alpha value is -2.59. The molecule has 0 aromatic carbocycles. The predicted molar refractivity (Wildman–Crippen MR) is 134 cm³/mol. The molecule has 1 N–H and O–H groups in total. The van der Waals surface area contributed by atoms with Gasteiger partial charge >= 0.3 is 5.97 Å². The van der Waals surface area contributed by atoms with Crippen LogP contribution in [-0.4, -0.2) is 47.9 Å². The number of carbonyl (C=O) groups excluding carboxylic acids is 2. The van der Waals surface area contributed by atoms with E-state index in [1.165, 1.54) is 15.4 Å². The van der Waals surface area contributed by atoms with Gasteiger partial charge < -0.3 is 10.0 Å². The molecule has 6 nitrogen and oxygen atoms in total. The Labute approximate surface area is 201 Å². The number of carbonyl (C=O) groups is 3. The topological polar surface area (TPSA) is 77.9 Å². The van der Waals surface area contributed by atoms with Gasteiger partial charge in [0.1, 0.15) is 10.9 Å². The number of nitrogens with zero attached hydrogens (tertiary/aromatic N) is 2. The standard InChI is InChI=1S/C26H36N2O4S/c1-9-20(24(30)27(7)8)28(23(29)19-11-10-16(2)14-17(19)3)21-15-18(12-13-26(4,5)6)33-22(21)25(31)32/h10,15,17,19-20H,9,11,14H2,1-8H3,(H,31,32)/t17-,19?,20-/m0/s1. The minimum atomic E-state index is -1.13. The Morgan fingerprint density at radius 1 is 1.27 bits per heavy atom. The summed E-state index contributed by atoms with van der Waals surface area (Å²) in [6.07, 6.45) is 3.83. The van der Waals surface area contributed by atoms with Crippen LogP contribution in [0, 0.1) is 29.1 Å². The number of allylic oxidation sites excluding steroid dienone is 2. The molecule has 0 radical (unpaired) electrons. The van der Waals surface area contributed by atoms with E-state index in [9.17, 15) is 19.5 Å². The highest BCUT2D eigenvalue weighted by Gasteiger charge is 2.39. The zero-order chi connectivity index (χ0) is 25.1. The zero-order valence-electron chi connectivity index (χ0n) is 21.0. The van der Waals surface area contributed by atoms with Crippen molar-refractivity contribution in [2.45, 2.75) is 66.8 Å². The number of rotatable bonds is 6. The summed E-state index contributed by atoms with van der Waals surface area (Å²) in [5.41, 5.74) is 1.25. The van der Waals surface area contributed by atoms with Gasteiger partial charge in [-0.05, 0) is 58.9 Å². The molecular formula is C26H36N2O4S. The van der Waals surface area contributed by atoms with Gasteiger partial charge in [-0.1, -0.05) is 37.3 Å². The quantitative estimate of drug-likeness (QED) is 0.465. The minimum absolute atomic E-state index is 0.0294. The summed E-state index contributed by atoms with van der Waals surface area (Å²) in [7, 11) is 3.30. The van der Waals surface area contributed by atoms with E-state index in [1.807, 2.05) is 34.6 Å². The van der Waals surface area contributed by atoms with Crippen molar-refractivity contribution < 1.29 is 19.5 Å². The predicted octanol–water partition coefficient (Wildman–Crippen LogP) is 5.04. The van der Waals surface area contributed by atoms with Crippen LogP contribution in [0.15, 0.2) is 17.7 Å². The SMILES string of the molecule is CC[C@@H](C(=O)N(C)C)N(C(=O)C1CC=C(C)C[C@@H]1C)c1cc(C#CC(C)(C)C)sc1C(=O)O. The molecule has 1 aliphatic carbocycles. The molecule has 2 amide bonds. The number of carboxylic acid groups (broad SMARTS) is 1. The average Bonchev–Trinajstić information content (AvgIpc) is 3.13. The average molecular weight is 473 g/mol. The molecule has 33 heavy (non-hydrogen) atoms. The Morgan fingerprint density at radius 2 is 1.91 bits per heavy atom. The summed E-state index contributed by atoms with van der Waals surface area (Å²) in [6.45, 7) is 11.9. The normalized spacial score (nSPS) is 19.1. The van der Waals surface area contributed by atoms with Gasteiger partial charge in [0, 0.05) is 25.4 Å². The number of hydrogen-bond donors (Lipinski definition) is 1. The number of aromatic carboxylic acids is 1. The summed E-state index contributed by atoms with van der Waals surface area (Å²) in [4.78, 5) is 42.7. The summed E-state index contributed by atoms with van der Waals surface area (Å²) in [6, 6.07) is 0.869. The maximum absolute atomic E-state index is 13.9. The first-order valence-electron chi connectivity index (χ1n) is 11.4. The summed E-state index contributed by atoms with van der Waals surface area (Å²) in [5, 5.41) is 9.96. The van der Waals surface area contributed by atoms with Crippen LogP contribution in [0.2, 0.25) is 0 Å². The Bertz CT molecular complexity index is 1000. The number of carboxylic acids is 1. The van der Waals surface area contributed by atoms with Crippen molar-refractivity contribution in [1.82, 2.24) is 4.90 Å². The highest BCUT2D eigenvalue weighted by atomic mass is 32.1. The second kappa shape index (κ2) is 10.6. The van der Waals surface area contributed by atoms with Crippen LogP contribution in [0.5, 0.6) is 0 Å². The van der Waals surface area contributed by atoms with E-state index >= 15 is 0 Å². The van der Waals surface area contributed by atoms with Crippen molar-refractivity contribution in [3.63, 3.8) is 0 Å². The third-order valence-electron chi connectivity index (χ3n) is 5.76. The van der Waals surface area contributed by atoms with Gasteiger partial charge in [0.05, 0.1) is 10.6 Å². The smallest absolute Gasteiger partial charge is 0.348 e. The van der Waals surface area contributed by atoms with Gasteiger partial charge in [-0.3, -0.25) is 14.5 Å². The van der Waals surface area contributed by atoms with E-state index in [2.05, 4.69) is 24.8 Å². The molecule has 0 aliphatic heterocycles. The maximum atomic E-state index is 13.9. The highest BCUT2D eigenvalue weighted by Crippen LogP contribution is 2.37. The molecular weight excluding hydrogens is 436 g/mol. The zero-order valence-corrected chi connectivity index (χ0v) is 21.8. The van der Waals surface area contributed by atoms with Crippen molar-refractivity contribution in [2.75, 3.05) is 19.0 Å². The van der Waals surface area contributed by atoms with E-state index < -0.39 is 12.0 Å². The number of hydrogen-bond acceptors (Lipinski definition) is 4. The Morgan fingerprint density at radius 3 is 2.39 bits per heavy atom. The lowest BCUT2D eigenvalue weighted by Gasteiger charge is -2.37. The molecule has 0 saturated heterocycles. The van der Waals surface area contributed by atoms with Crippen molar-refractivity contribution >= 4 is 34.8 Å². The fourth-order valence-electron chi connectivity index (χ4n) is 4.05. The van der Waals surface area contributed by atoms with Crippen molar-refractivity contribution in [2.24, 2.45) is 17.3 Å². The first-order chi connectivity index (χ1) is 15.3. The minimum Gasteiger partial charge on any atom is -0.477 e. The number of thiophene rings is 1. The molecule has 1 heterocycles. The second-order valence-corrected chi connectivity index (χ2v) is 11.1. The highest BCUT2D eigenvalue weighted by molar-refractivity contribution is 7.15. The van der Waals surface area contributed by atoms with Crippen molar-refractivity contribution in [3.8, 4) is 11.8 Å². The molecule has 1 aromatic heterocycles. The Balaban J connectivity index is 2.68. The summed E-state index contributed by atoms with van der Waals surface area (Å²) >= 11 is 1.05. The van der Waals surface area contributed by atoms with E-state index in [1.54, 1.807) is 20.2 Å². The summed E-state index contributed by atoms with van der Waals surface area (Å²) in [5.74, 6) is 4.41. The van der Waals surface area contributed by atoms with Crippen LogP contribution in [0.4, 0.5) is 5.69 Å². The Kier molecular flexibility index (Phi) is 8.53. The lowest BCUT2D eigenvalue weighted by Crippen LogP contribution is -2.52. The molecule has 1 aliphatic rings. The van der Waals surface area contributed by atoms with Gasteiger partial charge in [-0.15, -0.1) is 11.3 Å². The fraction of sp³-hybridized carbons (Fsp3) is 0.577. The van der Waals surface area contributed by atoms with Gasteiger partial charge in [0.25, 0.3) is 0 Å². The van der Waals surface area contributed by atoms with Crippen molar-refractivity contribution in [3.05, 3.63) is 27.5 Å². The molecule has 7 heteroatoms. The van der Waals surface area contributed by atoms with Crippen LogP contribution in [0.1, 0.15) is 75.4 Å². The van der Waals surface area contributed by atoms with Crippen LogP contribution in [-0.2, 0) is 9.59 Å². The first-order valence-corrected chi connectivity index (χ1v) is 12.2. The largest absolute Gasteiger partial charge is 0.477 e. The number of amides is 2. The van der Waals surface area contributed by atoms with Crippen LogP contribution < -0.4 is 4.90 Å². The maximum Gasteiger partial charge on any atom is 0.348 e. The fourth-order valence-corrected chi connectivity index (χ4v) is 4.89. The first kappa shape index (κ1) is 26.7. The molecule has 2 rings (SSSR count). The number of likely N-dealkylation sites (N-methyl/N-ethyl adjacent to an activating group) is 1. The molecule has 180 valence electrons. The second-order valence-electron chi connectivity index (χ2n) is 10.1. The molecule has 0 fully saturated rings. The molecule has 1 aromatic rings. The van der Waals surface area contributed by atoms with Crippen LogP contribution in [0.3, 0.4) is 0 Å². The monoisotopic (exact) mass is 472 g/mol. The van der Waals surface area contributed by atoms with Gasteiger partial charge in [-0.2, -0.15) is 0 Å². The van der Waals surface area contributed by atoms with Gasteiger partial charge in [0.2, 0.25) is 11.8 Å². The van der Waals surface area contributed by atoms with E-state index in [0.29, 0.717) is 17.7 Å². The van der Waals surface area contributed by atoms with E-state index in [-0.39, 0.29) is 39.6 Å². The van der Waals surface area contributed by atoms with Crippen molar-refractivity contribution in [1.29, 1.82) is 0 Å². The van der Waals surface area contributed by atoms with Gasteiger partial charge in [-0.25, -0.2) is 4.79 Å². The molecule has 0 spiro atoms. The molecule has 0 saturated carbocycles.